The third-order valence-electron chi connectivity index (χ3n) is 24.4. The summed E-state index contributed by atoms with van der Waals surface area (Å²) in [4.78, 5) is 61.3. The molecule has 0 bridgehead atoms. The summed E-state index contributed by atoms with van der Waals surface area (Å²) in [5, 5.41) is 4.50. The van der Waals surface area contributed by atoms with Crippen LogP contribution in [0.1, 0.15) is 187 Å². The van der Waals surface area contributed by atoms with Crippen LogP contribution in [-0.4, -0.2) is 195 Å². The van der Waals surface area contributed by atoms with Crippen molar-refractivity contribution in [3.8, 4) is 34.5 Å². The highest BCUT2D eigenvalue weighted by atomic mass is 16.5. The summed E-state index contributed by atoms with van der Waals surface area (Å²) in [7, 11) is 14.2. The summed E-state index contributed by atoms with van der Waals surface area (Å²) in [6, 6.07) is 23.5. The van der Waals surface area contributed by atoms with Gasteiger partial charge in [-0.15, -0.1) is 0 Å². The van der Waals surface area contributed by atoms with E-state index in [0.29, 0.717) is 39.3 Å². The number of fused-ring (bicyclic) bond motifs is 9. The Morgan fingerprint density at radius 3 is 1.09 bits per heavy atom. The van der Waals surface area contributed by atoms with Crippen molar-refractivity contribution in [3.05, 3.63) is 181 Å². The number of hydrogen-bond donors (Lipinski definition) is 0. The predicted octanol–water partition coefficient (Wildman–Crippen LogP) is 15.9. The van der Waals surface area contributed by atoms with Gasteiger partial charge in [-0.1, -0.05) is 90.6 Å². The van der Waals surface area contributed by atoms with Crippen LogP contribution in [0.3, 0.4) is 0 Å². The highest BCUT2D eigenvalue weighted by Crippen LogP contribution is 2.53. The van der Waals surface area contributed by atoms with Crippen LogP contribution >= 0.6 is 0 Å². The Bertz CT molecular complexity index is 4310. The smallest absolute Gasteiger partial charge is 0.325 e. The van der Waals surface area contributed by atoms with E-state index in [2.05, 4.69) is 188 Å². The first-order valence-electron chi connectivity index (χ1n) is 38.0. The number of urea groups is 3. The lowest BCUT2D eigenvalue weighted by Gasteiger charge is -2.44. The Balaban J connectivity index is 0.000000171. The normalized spacial score (nSPS) is 21.0. The van der Waals surface area contributed by atoms with E-state index >= 15 is 0 Å². The Kier molecular flexibility index (Phi) is 25.0. The second-order valence-corrected chi connectivity index (χ2v) is 30.5. The number of hydrogen-bond acceptors (Lipinski definition) is 13. The first-order valence-corrected chi connectivity index (χ1v) is 38.0. The van der Waals surface area contributed by atoms with Crippen molar-refractivity contribution in [2.75, 3.05) is 102 Å². The van der Waals surface area contributed by atoms with Crippen LogP contribution in [-0.2, 0) is 53.4 Å². The summed E-state index contributed by atoms with van der Waals surface area (Å²) in [6.45, 7) is 31.7. The number of benzene rings is 4. The lowest BCUT2D eigenvalue weighted by molar-refractivity contribution is 0.0877. The topological polar surface area (TPSA) is 158 Å². The Labute approximate surface area is 644 Å². The molecule has 108 heavy (non-hydrogen) atoms. The van der Waals surface area contributed by atoms with E-state index in [4.69, 9.17) is 28.4 Å². The molecule has 4 aromatic carbocycles. The maximum absolute atomic E-state index is 13.8. The zero-order chi connectivity index (χ0) is 74.6. The number of nitrogens with zero attached hydrogens (tertiary/aromatic N) is 12. The molecule has 0 N–H and O–H groups in total. The van der Waals surface area contributed by atoms with Crippen molar-refractivity contribution in [1.29, 1.82) is 0 Å². The molecule has 6 amide bonds. The van der Waals surface area contributed by atoms with Gasteiger partial charge >= 0.3 is 18.1 Å². The molecule has 2 aromatic heterocycles. The Hall–Kier alpha value is -8.92. The van der Waals surface area contributed by atoms with Crippen molar-refractivity contribution < 1.29 is 42.8 Å². The van der Waals surface area contributed by atoms with Crippen molar-refractivity contribution in [2.24, 2.45) is 14.1 Å². The average molecular weight is 1480 g/mol. The predicted molar refractivity (Wildman–Crippen MR) is 429 cm³/mol. The number of likely N-dealkylation sites (tertiary alicyclic amines) is 3. The molecule has 11 heterocycles. The number of aromatic nitrogens is 3. The molecule has 15 rings (SSSR count). The van der Waals surface area contributed by atoms with Gasteiger partial charge in [0.1, 0.15) is 34.5 Å². The minimum absolute atomic E-state index is 0. The maximum atomic E-state index is 13.8. The lowest BCUT2D eigenvalue weighted by Crippen LogP contribution is -2.53. The summed E-state index contributed by atoms with van der Waals surface area (Å²) in [5.74, 6) is 5.14. The van der Waals surface area contributed by atoms with Crippen molar-refractivity contribution in [1.82, 2.24) is 58.4 Å². The second-order valence-electron chi connectivity index (χ2n) is 30.5. The van der Waals surface area contributed by atoms with Gasteiger partial charge in [0.2, 0.25) is 0 Å². The minimum atomic E-state index is -0.264. The number of rotatable bonds is 15. The van der Waals surface area contributed by atoms with E-state index in [1.54, 1.807) is 42.7 Å². The molecule has 9 aliphatic heterocycles. The largest absolute Gasteiger partial charge is 0.497 e. The number of allylic oxidation sites excluding steroid dienone is 3. The molecule has 0 saturated carbocycles. The van der Waals surface area contributed by atoms with E-state index in [-0.39, 0.29) is 74.7 Å². The number of amides is 6. The number of carbonyl (C=O) groups is 3. The van der Waals surface area contributed by atoms with Crippen molar-refractivity contribution in [2.45, 2.75) is 197 Å². The molecule has 6 fully saturated rings. The van der Waals surface area contributed by atoms with Crippen molar-refractivity contribution >= 4 is 18.1 Å². The van der Waals surface area contributed by atoms with Gasteiger partial charge in [0.15, 0.2) is 0 Å². The summed E-state index contributed by atoms with van der Waals surface area (Å²) in [6.07, 6.45) is 16.8. The molecule has 3 atom stereocenters. The van der Waals surface area contributed by atoms with Crippen LogP contribution in [0.25, 0.3) is 0 Å². The summed E-state index contributed by atoms with van der Waals surface area (Å²) >= 11 is 0. The fourth-order valence-corrected chi connectivity index (χ4v) is 19.4. The monoisotopic (exact) mass is 1480 g/mol. The van der Waals surface area contributed by atoms with Crippen LogP contribution in [0.15, 0.2) is 114 Å². The molecule has 0 unspecified atom stereocenters. The van der Waals surface area contributed by atoms with Gasteiger partial charge in [0, 0.05) is 186 Å². The molecular weight excluding hydrogens is 1360 g/mol. The minimum Gasteiger partial charge on any atom is -0.497 e. The third kappa shape index (κ3) is 14.7. The Morgan fingerprint density at radius 2 is 0.796 bits per heavy atom. The standard InChI is InChI=1S/C30H39N3O3.C27H37N5O3.C27H36N4O3.3CH4/c1-7-33-29(34)32-19-24-16-25(35-5)17-26(36-6)28(24)22(4)15-27(32)30(33)8-10-31(11-9-30)18-23-13-20(2)12-21(3)14-23;1-7-32-26(33)31-17-20-13-22(34-5)14-23(35-6)25(20)18(2)12-24(31)27(32)8-10-30(11-9-27)16-21-15-29(4)28-19(21)3;1-6-31-26(32)30-17-20-15-22(33-4)16-23(34-5)25(20)19(2)14-24(30)27(31)9-12-29(13-10-27)18-21-8-7-11-28(21)3;;;/h12-17,22H,7-11,18-19H2,1-6H3;12-15,18H,7-11,16-17H2,1-6H3;7-8,11,14-16,19H,6,9-10,12-13,17-18H2,1-5H3;3*1H4/t22-;18-;19-;;;/m000.../s1. The number of piperidine rings is 3. The number of likely N-dealkylation sites (N-methyl/N-ethyl adjacent to an activating group) is 3. The lowest BCUT2D eigenvalue weighted by atomic mass is 9.82. The van der Waals surface area contributed by atoms with Gasteiger partial charge in [0.25, 0.3) is 0 Å². The van der Waals surface area contributed by atoms with Gasteiger partial charge in [-0.25, -0.2) is 14.4 Å². The molecular formula is C87H124N12O9. The number of methoxy groups -OCH3 is 6. The second kappa shape index (κ2) is 33.1. The van der Waals surface area contributed by atoms with Crippen LogP contribution in [0.5, 0.6) is 34.5 Å². The van der Waals surface area contributed by atoms with Gasteiger partial charge < -0.3 is 47.7 Å². The van der Waals surface area contributed by atoms with Crippen LogP contribution in [0.4, 0.5) is 14.4 Å². The Morgan fingerprint density at radius 1 is 0.454 bits per heavy atom. The van der Waals surface area contributed by atoms with Gasteiger partial charge in [0.05, 0.1) is 84.6 Å². The molecule has 6 saturated heterocycles. The van der Waals surface area contributed by atoms with E-state index in [0.717, 1.165) is 177 Å². The maximum Gasteiger partial charge on any atom is 0.325 e. The van der Waals surface area contributed by atoms with Gasteiger partial charge in [-0.2, -0.15) is 5.10 Å². The SMILES string of the molecule is C.C.C.CCN1C(=O)N2Cc3cc(OC)cc(OC)c3[C@@H](C)C=C2C12CCN(Cc1cc(C)cc(C)c1)CC2.CCN1C(=O)N2Cc3cc(OC)cc(OC)c3[C@@H](C)C=C2C12CCN(Cc1cccn1C)CC2.CCN1C(=O)N2Cc3cc(OC)cc(OC)c3[C@@H](C)C=C2C12CCN(Cc1cn(C)nc1C)CC2. The molecule has 3 spiro atoms. The van der Waals surface area contributed by atoms with Crippen LogP contribution in [0, 0.1) is 20.8 Å². The molecule has 0 radical (unpaired) electrons. The quantitative estimate of drug-likeness (QED) is 0.0957. The molecule has 21 nitrogen and oxygen atoms in total. The molecule has 6 aromatic rings. The van der Waals surface area contributed by atoms with Gasteiger partial charge in [-0.3, -0.25) is 34.1 Å². The first kappa shape index (κ1) is 81.6. The summed E-state index contributed by atoms with van der Waals surface area (Å²) in [5.41, 5.74) is 17.2. The van der Waals surface area contributed by atoms with E-state index < -0.39 is 0 Å². The number of ether oxygens (including phenoxy) is 6. The fraction of sp³-hybridized carbons (Fsp3) is 0.540. The third-order valence-corrected chi connectivity index (χ3v) is 24.4. The van der Waals surface area contributed by atoms with Crippen molar-refractivity contribution in [3.63, 3.8) is 0 Å². The zero-order valence-corrected chi connectivity index (χ0v) is 65.4. The number of carbonyl (C=O) groups excluding carboxylic acids is 3. The van der Waals surface area contributed by atoms with Crippen LogP contribution in [0.2, 0.25) is 0 Å². The highest BCUT2D eigenvalue weighted by molar-refractivity contribution is 5.85. The van der Waals surface area contributed by atoms with E-state index in [9.17, 15) is 14.4 Å². The molecule has 0 aliphatic carbocycles. The average Bonchev–Trinajstić information content (AvgIpc) is 1.58. The van der Waals surface area contributed by atoms with Gasteiger partial charge in [-0.05, 0) is 133 Å². The van der Waals surface area contributed by atoms with E-state index in [1.807, 2.05) is 44.6 Å². The van der Waals surface area contributed by atoms with Crippen LogP contribution < -0.4 is 28.4 Å². The summed E-state index contributed by atoms with van der Waals surface area (Å²) < 4.78 is 38.0. The first-order chi connectivity index (χ1) is 50.5. The molecule has 9 aliphatic rings. The fourth-order valence-electron chi connectivity index (χ4n) is 19.4. The number of aryl methyl sites for hydroxylation is 5. The molecule has 21 heteroatoms. The molecule has 586 valence electrons. The highest BCUT2D eigenvalue weighted by Gasteiger charge is 2.58. The van der Waals surface area contributed by atoms with E-state index in [1.165, 1.54) is 39.3 Å². The zero-order valence-electron chi connectivity index (χ0n) is 65.4.